The normalized spacial score (nSPS) is 14.2. The van der Waals surface area contributed by atoms with E-state index in [0.717, 1.165) is 49.1 Å². The summed E-state index contributed by atoms with van der Waals surface area (Å²) in [5.41, 5.74) is 2.02. The lowest BCUT2D eigenvalue weighted by atomic mass is 10.2. The summed E-state index contributed by atoms with van der Waals surface area (Å²) >= 11 is 0. The van der Waals surface area contributed by atoms with Gasteiger partial charge in [0.2, 0.25) is 0 Å². The van der Waals surface area contributed by atoms with E-state index in [1.807, 2.05) is 25.1 Å². The number of nitrogens with zero attached hydrogens (tertiary/aromatic N) is 4. The first kappa shape index (κ1) is 19.1. The number of aryl methyl sites for hydroxylation is 1. The fraction of sp³-hybridized carbons (Fsp3) is 0.273. The molecule has 1 N–H and O–H groups in total. The number of benzene rings is 2. The molecular weight excluding hydrogens is 372 g/mol. The molecule has 0 spiro atoms. The fourth-order valence-corrected chi connectivity index (χ4v) is 3.45. The lowest BCUT2D eigenvalue weighted by Crippen LogP contribution is -2.46. The Hall–Kier alpha value is -3.22. The fourth-order valence-electron chi connectivity index (χ4n) is 3.45. The zero-order valence-corrected chi connectivity index (χ0v) is 16.3. The molecule has 0 atom stereocenters. The average Bonchev–Trinajstić information content (AvgIpc) is 2.74. The highest BCUT2D eigenvalue weighted by molar-refractivity contribution is 5.53. The molecule has 1 aromatic heterocycles. The van der Waals surface area contributed by atoms with Crippen LogP contribution in [0.15, 0.2) is 54.6 Å². The summed E-state index contributed by atoms with van der Waals surface area (Å²) in [6.45, 7) is 5.77. The van der Waals surface area contributed by atoms with E-state index in [1.165, 1.54) is 24.3 Å². The van der Waals surface area contributed by atoms with E-state index in [1.54, 1.807) is 12.1 Å². The molecule has 7 heteroatoms. The standard InChI is InChI=1S/C22H23F2N5/c1-16-26-21(25-15-17-2-4-18(23)5-3-17)14-22(27-16)29-12-10-28(11-13-29)20-8-6-19(24)7-9-20/h2-9,14H,10-13,15H2,1H3,(H,25,26,27). The zero-order chi connectivity index (χ0) is 20.2. The topological polar surface area (TPSA) is 44.3 Å². The number of halogens is 2. The third kappa shape index (κ3) is 4.80. The average molecular weight is 395 g/mol. The molecule has 1 fully saturated rings. The summed E-state index contributed by atoms with van der Waals surface area (Å²) in [7, 11) is 0. The first-order chi connectivity index (χ1) is 14.1. The van der Waals surface area contributed by atoms with Crippen molar-refractivity contribution in [2.24, 2.45) is 0 Å². The lowest BCUT2D eigenvalue weighted by molar-refractivity contribution is 0.624. The van der Waals surface area contributed by atoms with Crippen molar-refractivity contribution >= 4 is 17.3 Å². The maximum absolute atomic E-state index is 13.1. The minimum absolute atomic E-state index is 0.218. The molecule has 0 unspecified atom stereocenters. The molecule has 0 aliphatic carbocycles. The van der Waals surface area contributed by atoms with Crippen molar-refractivity contribution in [3.63, 3.8) is 0 Å². The van der Waals surface area contributed by atoms with Crippen molar-refractivity contribution in [3.8, 4) is 0 Å². The van der Waals surface area contributed by atoms with E-state index in [4.69, 9.17) is 0 Å². The van der Waals surface area contributed by atoms with E-state index in [9.17, 15) is 8.78 Å². The smallest absolute Gasteiger partial charge is 0.134 e. The van der Waals surface area contributed by atoms with Crippen LogP contribution in [0.1, 0.15) is 11.4 Å². The van der Waals surface area contributed by atoms with Gasteiger partial charge in [0, 0.05) is 44.5 Å². The van der Waals surface area contributed by atoms with Gasteiger partial charge in [0.1, 0.15) is 29.1 Å². The summed E-state index contributed by atoms with van der Waals surface area (Å²) in [6, 6.07) is 15.0. The molecule has 0 bridgehead atoms. The molecule has 1 aliphatic heterocycles. The SMILES string of the molecule is Cc1nc(NCc2ccc(F)cc2)cc(N2CCN(c3ccc(F)cc3)CC2)n1. The summed E-state index contributed by atoms with van der Waals surface area (Å²) < 4.78 is 26.2. The number of hydrogen-bond donors (Lipinski definition) is 1. The van der Waals surface area contributed by atoms with Crippen LogP contribution in [0, 0.1) is 18.6 Å². The van der Waals surface area contributed by atoms with Crippen molar-refractivity contribution in [3.05, 3.63) is 77.6 Å². The van der Waals surface area contributed by atoms with Crippen molar-refractivity contribution < 1.29 is 8.78 Å². The third-order valence-electron chi connectivity index (χ3n) is 5.01. The van der Waals surface area contributed by atoms with Crippen molar-refractivity contribution in [1.29, 1.82) is 0 Å². The second kappa shape index (κ2) is 8.43. The first-order valence-electron chi connectivity index (χ1n) is 9.66. The number of rotatable bonds is 5. The van der Waals surface area contributed by atoms with Crippen LogP contribution < -0.4 is 15.1 Å². The molecule has 0 amide bonds. The highest BCUT2D eigenvalue weighted by Crippen LogP contribution is 2.21. The molecule has 2 aromatic carbocycles. The second-order valence-electron chi connectivity index (χ2n) is 7.09. The number of anilines is 3. The van der Waals surface area contributed by atoms with E-state index in [0.29, 0.717) is 12.4 Å². The van der Waals surface area contributed by atoms with Crippen molar-refractivity contribution in [2.45, 2.75) is 13.5 Å². The number of hydrogen-bond acceptors (Lipinski definition) is 5. The van der Waals surface area contributed by atoms with Gasteiger partial charge in [-0.1, -0.05) is 12.1 Å². The first-order valence-corrected chi connectivity index (χ1v) is 9.66. The van der Waals surface area contributed by atoms with Gasteiger partial charge in [-0.2, -0.15) is 0 Å². The Morgan fingerprint density at radius 2 is 1.41 bits per heavy atom. The van der Waals surface area contributed by atoms with E-state index < -0.39 is 0 Å². The van der Waals surface area contributed by atoms with Crippen molar-refractivity contribution in [1.82, 2.24) is 9.97 Å². The summed E-state index contributed by atoms with van der Waals surface area (Å²) in [6.07, 6.45) is 0. The van der Waals surface area contributed by atoms with Gasteiger partial charge in [0.05, 0.1) is 0 Å². The van der Waals surface area contributed by atoms with Crippen LogP contribution in [0.2, 0.25) is 0 Å². The Bertz CT molecular complexity index is 952. The Labute approximate surface area is 169 Å². The van der Waals surface area contributed by atoms with Crippen LogP contribution in [0.5, 0.6) is 0 Å². The Kier molecular flexibility index (Phi) is 5.55. The monoisotopic (exact) mass is 395 g/mol. The molecule has 5 nitrogen and oxygen atoms in total. The number of aromatic nitrogens is 2. The van der Waals surface area contributed by atoms with Gasteiger partial charge in [0.15, 0.2) is 0 Å². The number of piperazine rings is 1. The van der Waals surface area contributed by atoms with Crippen LogP contribution >= 0.6 is 0 Å². The molecule has 0 radical (unpaired) electrons. The largest absolute Gasteiger partial charge is 0.368 e. The van der Waals surface area contributed by atoms with E-state index in [2.05, 4.69) is 25.1 Å². The summed E-state index contributed by atoms with van der Waals surface area (Å²) in [5, 5.41) is 3.29. The Balaban J connectivity index is 1.40. The Morgan fingerprint density at radius 1 is 0.828 bits per heavy atom. The molecular formula is C22H23F2N5. The van der Waals surface area contributed by atoms with Gasteiger partial charge in [-0.25, -0.2) is 18.7 Å². The third-order valence-corrected chi connectivity index (χ3v) is 5.01. The Morgan fingerprint density at radius 3 is 2.07 bits per heavy atom. The molecule has 150 valence electrons. The molecule has 1 saturated heterocycles. The van der Waals surface area contributed by atoms with Crippen LogP contribution in [0.3, 0.4) is 0 Å². The predicted octanol–water partition coefficient (Wildman–Crippen LogP) is 4.00. The van der Waals surface area contributed by atoms with Gasteiger partial charge in [-0.3, -0.25) is 0 Å². The van der Waals surface area contributed by atoms with Crippen LogP contribution in [-0.4, -0.2) is 36.1 Å². The van der Waals surface area contributed by atoms with Gasteiger partial charge in [0.25, 0.3) is 0 Å². The highest BCUT2D eigenvalue weighted by atomic mass is 19.1. The van der Waals surface area contributed by atoms with Crippen LogP contribution in [-0.2, 0) is 6.54 Å². The zero-order valence-electron chi connectivity index (χ0n) is 16.3. The lowest BCUT2D eigenvalue weighted by Gasteiger charge is -2.36. The summed E-state index contributed by atoms with van der Waals surface area (Å²) in [4.78, 5) is 13.5. The molecule has 0 saturated carbocycles. The predicted molar refractivity (Wildman–Crippen MR) is 111 cm³/mol. The number of nitrogens with one attached hydrogen (secondary N) is 1. The molecule has 29 heavy (non-hydrogen) atoms. The van der Waals surface area contributed by atoms with Crippen molar-refractivity contribution in [2.75, 3.05) is 41.3 Å². The van der Waals surface area contributed by atoms with Gasteiger partial charge < -0.3 is 15.1 Å². The molecule has 1 aliphatic rings. The molecule has 2 heterocycles. The minimum Gasteiger partial charge on any atom is -0.368 e. The van der Waals surface area contributed by atoms with E-state index in [-0.39, 0.29) is 11.6 Å². The summed E-state index contributed by atoms with van der Waals surface area (Å²) in [5.74, 6) is 1.87. The quantitative estimate of drug-likeness (QED) is 0.707. The van der Waals surface area contributed by atoms with Gasteiger partial charge in [-0.05, 0) is 48.9 Å². The van der Waals surface area contributed by atoms with Gasteiger partial charge >= 0.3 is 0 Å². The second-order valence-corrected chi connectivity index (χ2v) is 7.09. The molecule has 3 aromatic rings. The maximum atomic E-state index is 13.1. The van der Waals surface area contributed by atoms with E-state index >= 15 is 0 Å². The minimum atomic E-state index is -0.242. The highest BCUT2D eigenvalue weighted by Gasteiger charge is 2.19. The van der Waals surface area contributed by atoms with Crippen LogP contribution in [0.4, 0.5) is 26.1 Å². The van der Waals surface area contributed by atoms with Gasteiger partial charge in [-0.15, -0.1) is 0 Å². The van der Waals surface area contributed by atoms with Crippen LogP contribution in [0.25, 0.3) is 0 Å². The molecule has 4 rings (SSSR count). The maximum Gasteiger partial charge on any atom is 0.134 e.